The molecular formula is C35H43N3O2. The lowest BCUT2D eigenvalue weighted by molar-refractivity contribution is 0.0648. The maximum Gasteiger partial charge on any atom is 0.261 e. The molecule has 2 N–H and O–H groups in total. The van der Waals surface area contributed by atoms with Crippen LogP contribution in [-0.2, 0) is 5.41 Å². The molecule has 5 nitrogen and oxygen atoms in total. The van der Waals surface area contributed by atoms with Crippen LogP contribution in [0.2, 0.25) is 0 Å². The van der Waals surface area contributed by atoms with Crippen LogP contribution in [-0.4, -0.2) is 54.3 Å². The average Bonchev–Trinajstić information content (AvgIpc) is 3.53. The number of hydrogen-bond donors (Lipinski definition) is 1. The van der Waals surface area contributed by atoms with Crippen LogP contribution in [0.5, 0.6) is 0 Å². The first-order valence-corrected chi connectivity index (χ1v) is 14.9. The van der Waals surface area contributed by atoms with E-state index in [0.29, 0.717) is 29.5 Å². The molecule has 3 unspecified atom stereocenters. The van der Waals surface area contributed by atoms with Gasteiger partial charge in [0, 0.05) is 18.0 Å². The normalized spacial score (nSPS) is 19.9. The van der Waals surface area contributed by atoms with Crippen molar-refractivity contribution in [3.63, 3.8) is 0 Å². The van der Waals surface area contributed by atoms with Crippen molar-refractivity contribution in [3.8, 4) is 0 Å². The molecule has 5 rings (SSSR count). The fourth-order valence-corrected chi connectivity index (χ4v) is 7.42. The molecule has 1 aliphatic heterocycles. The van der Waals surface area contributed by atoms with Gasteiger partial charge in [0.1, 0.15) is 0 Å². The van der Waals surface area contributed by atoms with Gasteiger partial charge in [0.2, 0.25) is 0 Å². The monoisotopic (exact) mass is 537 g/mol. The van der Waals surface area contributed by atoms with Gasteiger partial charge in [-0.2, -0.15) is 0 Å². The zero-order valence-corrected chi connectivity index (χ0v) is 24.0. The summed E-state index contributed by atoms with van der Waals surface area (Å²) >= 11 is 0. The van der Waals surface area contributed by atoms with Crippen molar-refractivity contribution in [2.45, 2.75) is 56.9 Å². The molecule has 210 valence electrons. The highest BCUT2D eigenvalue weighted by Gasteiger charge is 2.47. The van der Waals surface area contributed by atoms with Gasteiger partial charge in [-0.15, -0.1) is 0 Å². The third-order valence-corrected chi connectivity index (χ3v) is 9.36. The van der Waals surface area contributed by atoms with Crippen molar-refractivity contribution in [2.24, 2.45) is 17.6 Å². The molecule has 1 aliphatic carbocycles. The molecule has 1 heterocycles. The molecule has 1 fully saturated rings. The summed E-state index contributed by atoms with van der Waals surface area (Å²) in [5.74, 6) is 0.905. The third-order valence-electron chi connectivity index (χ3n) is 9.36. The van der Waals surface area contributed by atoms with Gasteiger partial charge in [0.15, 0.2) is 0 Å². The van der Waals surface area contributed by atoms with E-state index < -0.39 is 0 Å². The summed E-state index contributed by atoms with van der Waals surface area (Å²) in [6.45, 7) is 4.55. The Kier molecular flexibility index (Phi) is 8.82. The lowest BCUT2D eigenvalue weighted by Crippen LogP contribution is -2.49. The predicted octanol–water partition coefficient (Wildman–Crippen LogP) is 6.13. The van der Waals surface area contributed by atoms with Gasteiger partial charge in [-0.05, 0) is 94.3 Å². The maximum atomic E-state index is 12.6. The number of amides is 2. The number of nitrogens with two attached hydrogens (primary N) is 1. The van der Waals surface area contributed by atoms with E-state index in [2.05, 4.69) is 79.5 Å². The van der Waals surface area contributed by atoms with Crippen LogP contribution in [0.25, 0.3) is 0 Å². The van der Waals surface area contributed by atoms with Crippen LogP contribution in [0.15, 0.2) is 84.9 Å². The third kappa shape index (κ3) is 5.50. The van der Waals surface area contributed by atoms with E-state index in [9.17, 15) is 9.59 Å². The Bertz CT molecular complexity index is 1220. The van der Waals surface area contributed by atoms with Crippen molar-refractivity contribution >= 4 is 11.8 Å². The molecule has 3 atom stereocenters. The molecule has 1 saturated carbocycles. The van der Waals surface area contributed by atoms with Crippen LogP contribution < -0.4 is 5.73 Å². The molecule has 0 spiro atoms. The van der Waals surface area contributed by atoms with Gasteiger partial charge in [0.05, 0.1) is 11.1 Å². The Morgan fingerprint density at radius 1 is 0.825 bits per heavy atom. The van der Waals surface area contributed by atoms with Gasteiger partial charge in [-0.25, -0.2) is 0 Å². The largest absolute Gasteiger partial charge is 0.327 e. The summed E-state index contributed by atoms with van der Waals surface area (Å²) in [7, 11) is 2.14. The second-order valence-electron chi connectivity index (χ2n) is 11.9. The molecule has 2 amide bonds. The second kappa shape index (κ2) is 12.5. The smallest absolute Gasteiger partial charge is 0.261 e. The Balaban J connectivity index is 1.13. The summed E-state index contributed by atoms with van der Waals surface area (Å²) < 4.78 is 0. The number of carbonyl (C=O) groups is 2. The van der Waals surface area contributed by atoms with Crippen LogP contribution in [0, 0.1) is 11.8 Å². The van der Waals surface area contributed by atoms with Crippen LogP contribution in [0.1, 0.15) is 77.3 Å². The van der Waals surface area contributed by atoms with E-state index in [1.54, 1.807) is 12.1 Å². The molecule has 0 aromatic heterocycles. The first kappa shape index (κ1) is 28.3. The SMILES string of the molecule is CC(N)C(c1ccccc1)(c1ccccc1)C1CCC(CCCN(C)CCCN2C(=O)c3ccccc3C2=O)C1. The minimum atomic E-state index is -0.182. The average molecular weight is 538 g/mol. The molecule has 40 heavy (non-hydrogen) atoms. The van der Waals surface area contributed by atoms with Crippen molar-refractivity contribution in [2.75, 3.05) is 26.7 Å². The number of hydrogen-bond acceptors (Lipinski definition) is 4. The quantitative estimate of drug-likeness (QED) is 0.282. The Hall–Kier alpha value is -3.28. The highest BCUT2D eigenvalue weighted by Crippen LogP contribution is 2.50. The van der Waals surface area contributed by atoms with E-state index >= 15 is 0 Å². The molecule has 3 aromatic rings. The summed E-state index contributed by atoms with van der Waals surface area (Å²) in [6.07, 6.45) is 6.82. The van der Waals surface area contributed by atoms with Gasteiger partial charge in [-0.3, -0.25) is 14.5 Å². The first-order valence-electron chi connectivity index (χ1n) is 14.9. The minimum absolute atomic E-state index is 0.00865. The topological polar surface area (TPSA) is 66.6 Å². The standard InChI is InChI=1S/C35H43N3O2/c1-26(36)35(28-14-5-3-6-15-28,29-16-7-4-8-17-29)30-21-20-27(25-30)13-11-22-37(2)23-12-24-38-33(39)31-18-9-10-19-32(31)34(38)40/h3-10,14-19,26-27,30H,11-13,20-25,36H2,1-2H3. The highest BCUT2D eigenvalue weighted by atomic mass is 16.2. The summed E-state index contributed by atoms with van der Waals surface area (Å²) in [5.41, 5.74) is 10.4. The van der Waals surface area contributed by atoms with Crippen LogP contribution in [0.4, 0.5) is 0 Å². The zero-order valence-electron chi connectivity index (χ0n) is 24.0. The van der Waals surface area contributed by atoms with Crippen molar-refractivity contribution in [3.05, 3.63) is 107 Å². The Morgan fingerprint density at radius 2 is 1.35 bits per heavy atom. The number of nitrogens with zero attached hydrogens (tertiary/aromatic N) is 2. The van der Waals surface area contributed by atoms with Gasteiger partial charge >= 0.3 is 0 Å². The lowest BCUT2D eigenvalue weighted by Gasteiger charge is -2.44. The number of rotatable bonds is 12. The highest BCUT2D eigenvalue weighted by molar-refractivity contribution is 6.21. The summed E-state index contributed by atoms with van der Waals surface area (Å²) in [4.78, 5) is 29.0. The Labute approximate surface area is 239 Å². The van der Waals surface area contributed by atoms with Gasteiger partial charge in [-0.1, -0.05) is 79.2 Å². The molecule has 3 aromatic carbocycles. The van der Waals surface area contributed by atoms with E-state index in [-0.39, 0.29) is 23.3 Å². The molecule has 0 radical (unpaired) electrons. The zero-order chi connectivity index (χ0) is 28.1. The second-order valence-corrected chi connectivity index (χ2v) is 11.9. The fourth-order valence-electron chi connectivity index (χ4n) is 7.42. The minimum Gasteiger partial charge on any atom is -0.327 e. The van der Waals surface area contributed by atoms with Gasteiger partial charge < -0.3 is 10.6 Å². The number of imide groups is 1. The molecule has 5 heteroatoms. The summed E-state index contributed by atoms with van der Waals surface area (Å²) in [5, 5.41) is 0. The first-order chi connectivity index (χ1) is 19.4. The molecular weight excluding hydrogens is 494 g/mol. The predicted molar refractivity (Wildman–Crippen MR) is 161 cm³/mol. The summed E-state index contributed by atoms with van der Waals surface area (Å²) in [6, 6.07) is 28.9. The molecule has 0 saturated heterocycles. The Morgan fingerprint density at radius 3 is 1.90 bits per heavy atom. The number of fused-ring (bicyclic) bond motifs is 1. The maximum absolute atomic E-state index is 12.6. The van der Waals surface area contributed by atoms with Crippen LogP contribution in [0.3, 0.4) is 0 Å². The van der Waals surface area contributed by atoms with Crippen LogP contribution >= 0.6 is 0 Å². The van der Waals surface area contributed by atoms with E-state index in [0.717, 1.165) is 25.9 Å². The lowest BCUT2D eigenvalue weighted by atomic mass is 9.61. The van der Waals surface area contributed by atoms with Crippen molar-refractivity contribution in [1.29, 1.82) is 0 Å². The van der Waals surface area contributed by atoms with Crippen molar-refractivity contribution in [1.82, 2.24) is 9.80 Å². The van der Waals surface area contributed by atoms with E-state index in [1.165, 1.54) is 41.7 Å². The molecule has 2 aliphatic rings. The van der Waals surface area contributed by atoms with Gasteiger partial charge in [0.25, 0.3) is 11.8 Å². The van der Waals surface area contributed by atoms with E-state index in [1.807, 2.05) is 12.1 Å². The van der Waals surface area contributed by atoms with E-state index in [4.69, 9.17) is 5.73 Å². The number of carbonyl (C=O) groups excluding carboxylic acids is 2. The van der Waals surface area contributed by atoms with Crippen molar-refractivity contribution < 1.29 is 9.59 Å². The fraction of sp³-hybridized carbons (Fsp3) is 0.429. The molecule has 0 bridgehead atoms. The number of benzene rings is 3.